The van der Waals surface area contributed by atoms with Crippen molar-refractivity contribution in [1.82, 2.24) is 0 Å². The van der Waals surface area contributed by atoms with Crippen LogP contribution >= 0.6 is 15.9 Å². The van der Waals surface area contributed by atoms with Gasteiger partial charge < -0.3 is 5.73 Å². The van der Waals surface area contributed by atoms with Crippen LogP contribution in [0, 0.1) is 6.92 Å². The number of nitrogens with two attached hydrogens (primary N) is 1. The molecule has 0 bridgehead atoms. The van der Waals surface area contributed by atoms with Crippen molar-refractivity contribution in [3.05, 3.63) is 58.1 Å². The molecule has 94 valence electrons. The maximum absolute atomic E-state index is 12.3. The van der Waals surface area contributed by atoms with Crippen LogP contribution in [0.5, 0.6) is 0 Å². The second kappa shape index (κ2) is 5.67. The molecule has 2 N–H and O–H groups in total. The standard InChI is InChI=1S/C14H14BrNOS/c1-10-2-7-13(16)8-14(10)18(17)9-11-3-5-12(15)6-4-11/h2-8H,9,16H2,1H3. The number of aryl methyl sites for hydroxylation is 1. The van der Waals surface area contributed by atoms with Crippen LogP contribution in [-0.2, 0) is 16.6 Å². The fraction of sp³-hybridized carbons (Fsp3) is 0.143. The fourth-order valence-corrected chi connectivity index (χ4v) is 3.28. The minimum atomic E-state index is -1.06. The first-order valence-corrected chi connectivity index (χ1v) is 7.66. The summed E-state index contributed by atoms with van der Waals surface area (Å²) in [4.78, 5) is 0.818. The Labute approximate surface area is 118 Å². The highest BCUT2D eigenvalue weighted by molar-refractivity contribution is 9.10. The van der Waals surface area contributed by atoms with E-state index >= 15 is 0 Å². The smallest absolute Gasteiger partial charge is 0.0577 e. The molecule has 0 aliphatic carbocycles. The van der Waals surface area contributed by atoms with Gasteiger partial charge in [-0.1, -0.05) is 34.1 Å². The Morgan fingerprint density at radius 3 is 2.50 bits per heavy atom. The Balaban J connectivity index is 2.21. The molecule has 2 aromatic rings. The average Bonchev–Trinajstić information content (AvgIpc) is 2.35. The quantitative estimate of drug-likeness (QED) is 0.876. The molecule has 4 heteroatoms. The van der Waals surface area contributed by atoms with Crippen LogP contribution in [0.25, 0.3) is 0 Å². The Morgan fingerprint density at radius 1 is 1.17 bits per heavy atom. The van der Waals surface area contributed by atoms with E-state index < -0.39 is 10.8 Å². The van der Waals surface area contributed by atoms with Crippen LogP contribution in [0.3, 0.4) is 0 Å². The lowest BCUT2D eigenvalue weighted by Gasteiger charge is -2.07. The van der Waals surface area contributed by atoms with Crippen molar-refractivity contribution in [2.75, 3.05) is 5.73 Å². The van der Waals surface area contributed by atoms with Gasteiger partial charge in [0.15, 0.2) is 0 Å². The molecule has 2 aromatic carbocycles. The molecule has 18 heavy (non-hydrogen) atoms. The number of benzene rings is 2. The summed E-state index contributed by atoms with van der Waals surface area (Å²) in [5, 5.41) is 0. The molecule has 0 aromatic heterocycles. The molecule has 2 nitrogen and oxygen atoms in total. The van der Waals surface area contributed by atoms with Gasteiger partial charge in [-0.05, 0) is 42.3 Å². The van der Waals surface area contributed by atoms with Crippen LogP contribution in [-0.4, -0.2) is 4.21 Å². The van der Waals surface area contributed by atoms with Gasteiger partial charge in [-0.3, -0.25) is 4.21 Å². The summed E-state index contributed by atoms with van der Waals surface area (Å²) < 4.78 is 13.3. The minimum Gasteiger partial charge on any atom is -0.399 e. The van der Waals surface area contributed by atoms with E-state index in [1.807, 2.05) is 43.3 Å². The van der Waals surface area contributed by atoms with Gasteiger partial charge in [-0.15, -0.1) is 0 Å². The van der Waals surface area contributed by atoms with E-state index in [4.69, 9.17) is 5.73 Å². The van der Waals surface area contributed by atoms with Crippen molar-refractivity contribution in [2.45, 2.75) is 17.6 Å². The highest BCUT2D eigenvalue weighted by Crippen LogP contribution is 2.20. The lowest BCUT2D eigenvalue weighted by Crippen LogP contribution is -2.00. The highest BCUT2D eigenvalue weighted by Gasteiger charge is 2.08. The van der Waals surface area contributed by atoms with Crippen molar-refractivity contribution >= 4 is 32.4 Å². The first-order chi connectivity index (χ1) is 8.56. The molecule has 0 saturated heterocycles. The summed E-state index contributed by atoms with van der Waals surface area (Å²) in [7, 11) is -1.06. The normalized spacial score (nSPS) is 12.3. The number of hydrogen-bond donors (Lipinski definition) is 1. The Morgan fingerprint density at radius 2 is 1.83 bits per heavy atom. The lowest BCUT2D eigenvalue weighted by atomic mass is 10.2. The fourth-order valence-electron chi connectivity index (χ4n) is 1.67. The zero-order chi connectivity index (χ0) is 13.1. The average molecular weight is 324 g/mol. The molecule has 1 atom stereocenters. The van der Waals surface area contributed by atoms with E-state index in [9.17, 15) is 4.21 Å². The van der Waals surface area contributed by atoms with Crippen molar-refractivity contribution in [3.63, 3.8) is 0 Å². The van der Waals surface area contributed by atoms with E-state index in [1.54, 1.807) is 6.07 Å². The molecule has 0 heterocycles. The van der Waals surface area contributed by atoms with E-state index in [-0.39, 0.29) is 0 Å². The van der Waals surface area contributed by atoms with Crippen LogP contribution in [0.4, 0.5) is 5.69 Å². The van der Waals surface area contributed by atoms with Gasteiger partial charge >= 0.3 is 0 Å². The van der Waals surface area contributed by atoms with Gasteiger partial charge in [0.05, 0.1) is 16.6 Å². The van der Waals surface area contributed by atoms with Gasteiger partial charge in [0.1, 0.15) is 0 Å². The van der Waals surface area contributed by atoms with Crippen molar-refractivity contribution in [2.24, 2.45) is 0 Å². The summed E-state index contributed by atoms with van der Waals surface area (Å²) >= 11 is 3.39. The minimum absolute atomic E-state index is 0.511. The molecule has 0 radical (unpaired) electrons. The molecular weight excluding hydrogens is 310 g/mol. The van der Waals surface area contributed by atoms with Crippen LogP contribution in [0.15, 0.2) is 51.8 Å². The largest absolute Gasteiger partial charge is 0.399 e. The number of hydrogen-bond acceptors (Lipinski definition) is 2. The van der Waals surface area contributed by atoms with Gasteiger partial charge in [0, 0.05) is 15.1 Å². The third-order valence-corrected chi connectivity index (χ3v) is 4.72. The molecule has 0 amide bonds. The molecule has 2 rings (SSSR count). The second-order valence-electron chi connectivity index (χ2n) is 4.14. The van der Waals surface area contributed by atoms with Crippen LogP contribution < -0.4 is 5.73 Å². The summed E-state index contributed by atoms with van der Waals surface area (Å²) in [5.41, 5.74) is 8.46. The lowest BCUT2D eigenvalue weighted by molar-refractivity contribution is 0.682. The van der Waals surface area contributed by atoms with Gasteiger partial charge in [0.25, 0.3) is 0 Å². The maximum Gasteiger partial charge on any atom is 0.0577 e. The zero-order valence-corrected chi connectivity index (χ0v) is 12.4. The molecule has 0 aliphatic heterocycles. The van der Waals surface area contributed by atoms with Crippen molar-refractivity contribution in [1.29, 1.82) is 0 Å². The second-order valence-corrected chi connectivity index (χ2v) is 6.48. The Hall–Kier alpha value is -1.13. The first-order valence-electron chi connectivity index (χ1n) is 5.55. The SMILES string of the molecule is Cc1ccc(N)cc1S(=O)Cc1ccc(Br)cc1. The van der Waals surface area contributed by atoms with Crippen LogP contribution in [0.1, 0.15) is 11.1 Å². The monoisotopic (exact) mass is 323 g/mol. The molecule has 0 saturated carbocycles. The highest BCUT2D eigenvalue weighted by atomic mass is 79.9. The molecule has 0 aliphatic rings. The molecule has 0 fully saturated rings. The Bertz CT molecular complexity index is 581. The number of anilines is 1. The third-order valence-electron chi connectivity index (χ3n) is 2.67. The zero-order valence-electron chi connectivity index (χ0n) is 10.0. The van der Waals surface area contributed by atoms with Gasteiger partial charge in [-0.25, -0.2) is 0 Å². The van der Waals surface area contributed by atoms with E-state index in [2.05, 4.69) is 15.9 Å². The molecular formula is C14H14BrNOS. The molecule has 1 unspecified atom stereocenters. The van der Waals surface area contributed by atoms with E-state index in [0.29, 0.717) is 11.4 Å². The molecule has 0 spiro atoms. The maximum atomic E-state index is 12.3. The number of rotatable bonds is 3. The van der Waals surface area contributed by atoms with Crippen LogP contribution in [0.2, 0.25) is 0 Å². The topological polar surface area (TPSA) is 43.1 Å². The predicted octanol–water partition coefficient (Wildman–Crippen LogP) is 3.65. The van der Waals surface area contributed by atoms with E-state index in [0.717, 1.165) is 20.5 Å². The number of nitrogen functional groups attached to an aromatic ring is 1. The summed E-state index contributed by atoms with van der Waals surface area (Å²) in [6, 6.07) is 13.4. The van der Waals surface area contributed by atoms with E-state index in [1.165, 1.54) is 0 Å². The Kier molecular flexibility index (Phi) is 4.19. The van der Waals surface area contributed by atoms with Crippen molar-refractivity contribution in [3.8, 4) is 0 Å². The first kappa shape index (κ1) is 13.3. The number of halogens is 1. The van der Waals surface area contributed by atoms with Gasteiger partial charge in [0.2, 0.25) is 0 Å². The van der Waals surface area contributed by atoms with Crippen molar-refractivity contribution < 1.29 is 4.21 Å². The van der Waals surface area contributed by atoms with Gasteiger partial charge in [-0.2, -0.15) is 0 Å². The predicted molar refractivity (Wildman–Crippen MR) is 79.8 cm³/mol. The third kappa shape index (κ3) is 3.21. The summed E-state index contributed by atoms with van der Waals surface area (Å²) in [5.74, 6) is 0.511. The summed E-state index contributed by atoms with van der Waals surface area (Å²) in [6.45, 7) is 1.95. The summed E-state index contributed by atoms with van der Waals surface area (Å²) in [6.07, 6.45) is 0.